The summed E-state index contributed by atoms with van der Waals surface area (Å²) in [6, 6.07) is 1.45. The summed E-state index contributed by atoms with van der Waals surface area (Å²) < 4.78 is 45.2. The van der Waals surface area contributed by atoms with Crippen LogP contribution in [0.4, 0.5) is 35.0 Å². The third-order valence-electron chi connectivity index (χ3n) is 3.70. The van der Waals surface area contributed by atoms with Gasteiger partial charge in [0, 0.05) is 19.2 Å². The van der Waals surface area contributed by atoms with Crippen LogP contribution in [0.1, 0.15) is 39.2 Å². The van der Waals surface area contributed by atoms with Gasteiger partial charge in [-0.2, -0.15) is 13.2 Å². The number of nitro groups is 1. The monoisotopic (exact) mass is 375 g/mol. The number of rotatable bonds is 3. The molecule has 2 rings (SSSR count). The fourth-order valence-corrected chi connectivity index (χ4v) is 2.69. The van der Waals surface area contributed by atoms with Gasteiger partial charge in [-0.25, -0.2) is 4.79 Å². The average Bonchev–Trinajstić information content (AvgIpc) is 2.97. The maximum atomic E-state index is 13.4. The van der Waals surface area contributed by atoms with Gasteiger partial charge < -0.3 is 9.64 Å². The van der Waals surface area contributed by atoms with Gasteiger partial charge in [-0.1, -0.05) is 0 Å². The van der Waals surface area contributed by atoms with Crippen LogP contribution < -0.4 is 10.2 Å². The molecule has 1 aliphatic heterocycles. The van der Waals surface area contributed by atoms with Crippen molar-refractivity contribution in [3.63, 3.8) is 0 Å². The molecule has 0 bridgehead atoms. The predicted octanol–water partition coefficient (Wildman–Crippen LogP) is 4.56. The van der Waals surface area contributed by atoms with E-state index in [4.69, 9.17) is 4.74 Å². The normalized spacial score (nSPS) is 15.1. The molecule has 10 heteroatoms. The Balaban J connectivity index is 2.50. The zero-order valence-electron chi connectivity index (χ0n) is 14.6. The first-order valence-electron chi connectivity index (χ1n) is 8.03. The lowest BCUT2D eigenvalue weighted by atomic mass is 10.1. The van der Waals surface area contributed by atoms with Crippen molar-refractivity contribution in [1.82, 2.24) is 0 Å². The topological polar surface area (TPSA) is 84.7 Å². The summed E-state index contributed by atoms with van der Waals surface area (Å²) in [6.07, 6.45) is -4.29. The van der Waals surface area contributed by atoms with Crippen molar-refractivity contribution in [2.24, 2.45) is 0 Å². The van der Waals surface area contributed by atoms with Crippen LogP contribution in [0, 0.1) is 10.1 Å². The first kappa shape index (κ1) is 19.8. The number of nitro benzene ring substituents is 1. The summed E-state index contributed by atoms with van der Waals surface area (Å²) in [5.74, 6) is 0. The molecule has 0 aromatic heterocycles. The van der Waals surface area contributed by atoms with Crippen molar-refractivity contribution in [2.45, 2.75) is 45.4 Å². The van der Waals surface area contributed by atoms with Gasteiger partial charge >= 0.3 is 12.3 Å². The molecule has 144 valence electrons. The summed E-state index contributed by atoms with van der Waals surface area (Å²) in [5, 5.41) is 13.4. The number of carbonyl (C=O) groups excluding carboxylic acids is 1. The van der Waals surface area contributed by atoms with Crippen molar-refractivity contribution in [3.05, 3.63) is 27.8 Å². The Morgan fingerprint density at radius 1 is 1.23 bits per heavy atom. The van der Waals surface area contributed by atoms with Gasteiger partial charge in [0.15, 0.2) is 0 Å². The van der Waals surface area contributed by atoms with Crippen LogP contribution in [0.25, 0.3) is 0 Å². The number of hydrogen-bond donors (Lipinski definition) is 1. The standard InChI is InChI=1S/C16H20F3N3O4/c1-15(2,3)26-14(23)20-11-9-12(21-6-4-5-7-21)10(16(17,18)19)8-13(11)22(24)25/h8-9H,4-7H2,1-3H3,(H,20,23). The molecule has 0 saturated carbocycles. The van der Waals surface area contributed by atoms with Crippen molar-refractivity contribution >= 4 is 23.2 Å². The van der Waals surface area contributed by atoms with Crippen molar-refractivity contribution in [3.8, 4) is 0 Å². The molecule has 1 saturated heterocycles. The van der Waals surface area contributed by atoms with E-state index in [1.54, 1.807) is 20.8 Å². The summed E-state index contributed by atoms with van der Waals surface area (Å²) >= 11 is 0. The summed E-state index contributed by atoms with van der Waals surface area (Å²) in [6.45, 7) is 5.62. The van der Waals surface area contributed by atoms with E-state index >= 15 is 0 Å². The van der Waals surface area contributed by atoms with Crippen LogP contribution in [0.2, 0.25) is 0 Å². The number of alkyl halides is 3. The largest absolute Gasteiger partial charge is 0.444 e. The van der Waals surface area contributed by atoms with Crippen LogP contribution in [-0.4, -0.2) is 29.7 Å². The van der Waals surface area contributed by atoms with E-state index in [0.717, 1.165) is 18.9 Å². The minimum absolute atomic E-state index is 0.188. The van der Waals surface area contributed by atoms with E-state index in [9.17, 15) is 28.1 Å². The van der Waals surface area contributed by atoms with Gasteiger partial charge in [0.2, 0.25) is 0 Å². The smallest absolute Gasteiger partial charge is 0.418 e. The first-order valence-corrected chi connectivity index (χ1v) is 8.03. The third-order valence-corrected chi connectivity index (χ3v) is 3.70. The Labute approximate surface area is 148 Å². The fraction of sp³-hybridized carbons (Fsp3) is 0.562. The molecular weight excluding hydrogens is 355 g/mol. The molecule has 1 aromatic carbocycles. The number of benzene rings is 1. The van der Waals surface area contributed by atoms with Crippen molar-refractivity contribution in [1.29, 1.82) is 0 Å². The third kappa shape index (κ3) is 4.77. The molecule has 1 amide bonds. The second kappa shape index (κ2) is 7.00. The zero-order chi connectivity index (χ0) is 19.7. The molecule has 1 fully saturated rings. The number of ether oxygens (including phenoxy) is 1. The zero-order valence-corrected chi connectivity index (χ0v) is 14.6. The predicted molar refractivity (Wildman–Crippen MR) is 89.4 cm³/mol. The van der Waals surface area contributed by atoms with Crippen LogP contribution in [0.5, 0.6) is 0 Å². The van der Waals surface area contributed by atoms with Crippen LogP contribution >= 0.6 is 0 Å². The molecule has 26 heavy (non-hydrogen) atoms. The van der Waals surface area contributed by atoms with E-state index in [0.29, 0.717) is 19.2 Å². The molecule has 0 atom stereocenters. The quantitative estimate of drug-likeness (QED) is 0.618. The van der Waals surface area contributed by atoms with Gasteiger partial charge in [-0.15, -0.1) is 0 Å². The van der Waals surface area contributed by atoms with E-state index in [-0.39, 0.29) is 11.4 Å². The second-order valence-electron chi connectivity index (χ2n) is 6.96. The average molecular weight is 375 g/mol. The van der Waals surface area contributed by atoms with Crippen LogP contribution in [-0.2, 0) is 10.9 Å². The number of anilines is 2. The van der Waals surface area contributed by atoms with Gasteiger partial charge in [0.1, 0.15) is 11.3 Å². The highest BCUT2D eigenvalue weighted by Gasteiger charge is 2.38. The molecule has 1 heterocycles. The summed E-state index contributed by atoms with van der Waals surface area (Å²) in [4.78, 5) is 23.7. The van der Waals surface area contributed by atoms with E-state index in [1.165, 1.54) is 4.90 Å². The molecule has 0 unspecified atom stereocenters. The molecule has 0 radical (unpaired) electrons. The highest BCUT2D eigenvalue weighted by atomic mass is 19.4. The van der Waals surface area contributed by atoms with E-state index in [2.05, 4.69) is 5.32 Å². The number of nitrogens with one attached hydrogen (secondary N) is 1. The maximum Gasteiger partial charge on any atom is 0.418 e. The van der Waals surface area contributed by atoms with E-state index in [1.807, 2.05) is 0 Å². The summed E-state index contributed by atoms with van der Waals surface area (Å²) in [5.41, 5.74) is -3.32. The Hall–Kier alpha value is -2.52. The number of nitrogens with zero attached hydrogens (tertiary/aromatic N) is 2. The molecule has 7 nitrogen and oxygen atoms in total. The Morgan fingerprint density at radius 3 is 2.27 bits per heavy atom. The molecule has 0 aliphatic carbocycles. The van der Waals surface area contributed by atoms with Gasteiger partial charge in [-0.3, -0.25) is 15.4 Å². The minimum Gasteiger partial charge on any atom is -0.444 e. The van der Waals surface area contributed by atoms with E-state index < -0.39 is 34.0 Å². The highest BCUT2D eigenvalue weighted by Crippen LogP contribution is 2.43. The highest BCUT2D eigenvalue weighted by molar-refractivity contribution is 5.90. The van der Waals surface area contributed by atoms with Gasteiger partial charge in [-0.05, 0) is 39.7 Å². The number of amides is 1. The minimum atomic E-state index is -4.76. The SMILES string of the molecule is CC(C)(C)OC(=O)Nc1cc(N2CCCC2)c(C(F)(F)F)cc1[N+](=O)[O-]. The second-order valence-corrected chi connectivity index (χ2v) is 6.96. The number of carbonyl (C=O) groups is 1. The Morgan fingerprint density at radius 2 is 1.81 bits per heavy atom. The molecular formula is C16H20F3N3O4. The Kier molecular flexibility index (Phi) is 5.33. The maximum absolute atomic E-state index is 13.4. The molecule has 1 aliphatic rings. The van der Waals surface area contributed by atoms with Gasteiger partial charge in [0.05, 0.1) is 16.2 Å². The molecule has 1 N–H and O–H groups in total. The Bertz CT molecular complexity index is 708. The summed E-state index contributed by atoms with van der Waals surface area (Å²) in [7, 11) is 0. The lowest BCUT2D eigenvalue weighted by Crippen LogP contribution is -2.28. The van der Waals surface area contributed by atoms with Crippen molar-refractivity contribution < 1.29 is 27.6 Å². The lowest BCUT2D eigenvalue weighted by Gasteiger charge is -2.24. The number of hydrogen-bond acceptors (Lipinski definition) is 5. The first-order chi connectivity index (χ1) is 11.9. The molecule has 0 spiro atoms. The van der Waals surface area contributed by atoms with Crippen LogP contribution in [0.3, 0.4) is 0 Å². The van der Waals surface area contributed by atoms with Crippen molar-refractivity contribution in [2.75, 3.05) is 23.3 Å². The van der Waals surface area contributed by atoms with Gasteiger partial charge in [0.25, 0.3) is 5.69 Å². The number of halogens is 3. The lowest BCUT2D eigenvalue weighted by molar-refractivity contribution is -0.384. The molecule has 1 aromatic rings. The van der Waals surface area contributed by atoms with Crippen LogP contribution in [0.15, 0.2) is 12.1 Å². The fourth-order valence-electron chi connectivity index (χ4n) is 2.69.